The largest absolute Gasteiger partial charge is 0.508 e. The van der Waals surface area contributed by atoms with E-state index in [0.29, 0.717) is 5.75 Å². The molecule has 2 aromatic rings. The lowest BCUT2D eigenvalue weighted by Gasteiger charge is -2.30. The monoisotopic (exact) mass is 400 g/mol. The van der Waals surface area contributed by atoms with E-state index in [1.54, 1.807) is 6.07 Å². The summed E-state index contributed by atoms with van der Waals surface area (Å²) in [6.45, 7) is 4.34. The molecule has 0 bridgehead atoms. The lowest BCUT2D eigenvalue weighted by atomic mass is 9.93. The molecule has 0 saturated carbocycles. The van der Waals surface area contributed by atoms with E-state index in [0.717, 1.165) is 41.4 Å². The molecule has 1 aliphatic rings. The van der Waals surface area contributed by atoms with Gasteiger partial charge in [0.05, 0.1) is 0 Å². The van der Waals surface area contributed by atoms with E-state index >= 15 is 0 Å². The second-order valence-electron chi connectivity index (χ2n) is 6.56. The number of hydrogen-bond donors (Lipinski definition) is 2. The SMILES string of the molecule is CCC[C@H]1N=C(c2ccc(CC)cc2)C[C@H](c2cc(Br)ccc2O)N1. The minimum atomic E-state index is 0.0624. The highest BCUT2D eigenvalue weighted by Gasteiger charge is 2.26. The average molecular weight is 401 g/mol. The number of aromatic hydroxyl groups is 1. The van der Waals surface area contributed by atoms with Crippen LogP contribution in [0.4, 0.5) is 0 Å². The molecular formula is C21H25BrN2O. The van der Waals surface area contributed by atoms with Gasteiger partial charge in [0.15, 0.2) is 0 Å². The Kier molecular flexibility index (Phi) is 5.92. The maximum Gasteiger partial charge on any atom is 0.120 e. The molecule has 0 aromatic heterocycles. The van der Waals surface area contributed by atoms with E-state index in [9.17, 15) is 5.11 Å². The third kappa shape index (κ3) is 4.31. The zero-order chi connectivity index (χ0) is 17.8. The van der Waals surface area contributed by atoms with E-state index in [2.05, 4.69) is 59.4 Å². The van der Waals surface area contributed by atoms with Crippen LogP contribution in [0.25, 0.3) is 0 Å². The standard InChI is InChI=1S/C21H25BrN2O/c1-3-5-21-23-18(15-8-6-14(4-2)7-9-15)13-19(24-21)17-12-16(22)10-11-20(17)25/h6-12,19,21,24-25H,3-5,13H2,1-2H3/t19-,21+/m1/s1. The summed E-state index contributed by atoms with van der Waals surface area (Å²) < 4.78 is 0.977. The van der Waals surface area contributed by atoms with Gasteiger partial charge in [-0.2, -0.15) is 0 Å². The fourth-order valence-corrected chi connectivity index (χ4v) is 3.69. The molecule has 0 unspecified atom stereocenters. The van der Waals surface area contributed by atoms with E-state index in [-0.39, 0.29) is 12.2 Å². The van der Waals surface area contributed by atoms with Crippen molar-refractivity contribution in [1.82, 2.24) is 5.32 Å². The van der Waals surface area contributed by atoms with Gasteiger partial charge in [-0.1, -0.05) is 60.5 Å². The highest BCUT2D eigenvalue weighted by Crippen LogP contribution is 2.33. The minimum absolute atomic E-state index is 0.0624. The number of aryl methyl sites for hydroxylation is 1. The van der Waals surface area contributed by atoms with Crippen molar-refractivity contribution < 1.29 is 5.11 Å². The molecule has 0 saturated heterocycles. The fourth-order valence-electron chi connectivity index (χ4n) is 3.31. The molecule has 1 aliphatic heterocycles. The summed E-state index contributed by atoms with van der Waals surface area (Å²) in [6.07, 6.45) is 3.96. The molecule has 3 rings (SSSR count). The summed E-state index contributed by atoms with van der Waals surface area (Å²) in [4.78, 5) is 4.94. The second kappa shape index (κ2) is 8.15. The first-order chi connectivity index (χ1) is 12.1. The summed E-state index contributed by atoms with van der Waals surface area (Å²) >= 11 is 3.52. The van der Waals surface area contributed by atoms with Gasteiger partial charge in [0.25, 0.3) is 0 Å². The Morgan fingerprint density at radius 3 is 2.60 bits per heavy atom. The van der Waals surface area contributed by atoms with Crippen molar-refractivity contribution in [3.63, 3.8) is 0 Å². The number of nitrogens with zero attached hydrogens (tertiary/aromatic N) is 1. The summed E-state index contributed by atoms with van der Waals surface area (Å²) in [7, 11) is 0. The summed E-state index contributed by atoms with van der Waals surface area (Å²) in [6, 6.07) is 14.4. The van der Waals surface area contributed by atoms with Gasteiger partial charge in [-0.3, -0.25) is 10.3 Å². The minimum Gasteiger partial charge on any atom is -0.508 e. The van der Waals surface area contributed by atoms with Crippen LogP contribution in [-0.4, -0.2) is 17.0 Å². The van der Waals surface area contributed by atoms with Gasteiger partial charge >= 0.3 is 0 Å². The maximum absolute atomic E-state index is 10.3. The van der Waals surface area contributed by atoms with Crippen molar-refractivity contribution in [2.45, 2.75) is 51.7 Å². The predicted molar refractivity (Wildman–Crippen MR) is 107 cm³/mol. The van der Waals surface area contributed by atoms with Crippen molar-refractivity contribution in [3.05, 3.63) is 63.6 Å². The number of hydrogen-bond acceptors (Lipinski definition) is 3. The number of phenols is 1. The molecule has 2 aromatic carbocycles. The summed E-state index contributed by atoms with van der Waals surface area (Å²) in [5, 5.41) is 13.9. The molecule has 3 nitrogen and oxygen atoms in total. The van der Waals surface area contributed by atoms with E-state index in [4.69, 9.17) is 4.99 Å². The number of aliphatic imine (C=N–C) groups is 1. The quantitative estimate of drug-likeness (QED) is 0.708. The zero-order valence-corrected chi connectivity index (χ0v) is 16.4. The Balaban J connectivity index is 1.92. The highest BCUT2D eigenvalue weighted by atomic mass is 79.9. The first kappa shape index (κ1) is 18.2. The molecule has 2 atom stereocenters. The molecule has 0 fully saturated rings. The Morgan fingerprint density at radius 1 is 1.16 bits per heavy atom. The highest BCUT2D eigenvalue weighted by molar-refractivity contribution is 9.10. The van der Waals surface area contributed by atoms with Crippen LogP contribution in [0.15, 0.2) is 51.9 Å². The Hall–Kier alpha value is -1.65. The molecule has 0 radical (unpaired) electrons. The van der Waals surface area contributed by atoms with Gasteiger partial charge in [-0.15, -0.1) is 0 Å². The van der Waals surface area contributed by atoms with E-state index < -0.39 is 0 Å². The molecule has 1 heterocycles. The Morgan fingerprint density at radius 2 is 1.92 bits per heavy atom. The lowest BCUT2D eigenvalue weighted by Crippen LogP contribution is -2.38. The van der Waals surface area contributed by atoms with E-state index in [1.165, 1.54) is 11.1 Å². The van der Waals surface area contributed by atoms with Crippen LogP contribution < -0.4 is 5.32 Å². The molecule has 0 spiro atoms. The van der Waals surface area contributed by atoms with Gasteiger partial charge in [0, 0.05) is 28.2 Å². The molecule has 0 aliphatic carbocycles. The van der Waals surface area contributed by atoms with Crippen LogP contribution in [0.2, 0.25) is 0 Å². The summed E-state index contributed by atoms with van der Waals surface area (Å²) in [5.74, 6) is 0.332. The fraction of sp³-hybridized carbons (Fsp3) is 0.381. The van der Waals surface area contributed by atoms with Crippen LogP contribution in [-0.2, 0) is 6.42 Å². The van der Waals surface area contributed by atoms with Crippen molar-refractivity contribution in [2.24, 2.45) is 4.99 Å². The second-order valence-corrected chi connectivity index (χ2v) is 7.47. The van der Waals surface area contributed by atoms with Crippen molar-refractivity contribution in [1.29, 1.82) is 0 Å². The van der Waals surface area contributed by atoms with Gasteiger partial charge in [-0.25, -0.2) is 0 Å². The van der Waals surface area contributed by atoms with Crippen LogP contribution in [0.1, 0.15) is 55.8 Å². The topological polar surface area (TPSA) is 44.6 Å². The third-order valence-corrected chi connectivity index (χ3v) is 5.22. The van der Waals surface area contributed by atoms with Crippen LogP contribution in [0.5, 0.6) is 5.75 Å². The average Bonchev–Trinajstić information content (AvgIpc) is 2.64. The van der Waals surface area contributed by atoms with Crippen LogP contribution >= 0.6 is 15.9 Å². The molecule has 25 heavy (non-hydrogen) atoms. The molecule has 132 valence electrons. The lowest BCUT2D eigenvalue weighted by molar-refractivity contribution is 0.391. The zero-order valence-electron chi connectivity index (χ0n) is 14.8. The summed E-state index contributed by atoms with van der Waals surface area (Å²) in [5.41, 5.74) is 4.56. The van der Waals surface area contributed by atoms with Crippen LogP contribution in [0.3, 0.4) is 0 Å². The first-order valence-corrected chi connectivity index (χ1v) is 9.80. The molecule has 0 amide bonds. The van der Waals surface area contributed by atoms with Crippen molar-refractivity contribution in [3.8, 4) is 5.75 Å². The van der Waals surface area contributed by atoms with Gasteiger partial charge in [0.1, 0.15) is 11.9 Å². The first-order valence-electron chi connectivity index (χ1n) is 9.01. The van der Waals surface area contributed by atoms with Gasteiger partial charge in [0.2, 0.25) is 0 Å². The smallest absolute Gasteiger partial charge is 0.120 e. The Bertz CT molecular complexity index is 755. The molecular weight excluding hydrogens is 376 g/mol. The molecule has 4 heteroatoms. The number of benzene rings is 2. The number of halogens is 1. The maximum atomic E-state index is 10.3. The molecule has 2 N–H and O–H groups in total. The van der Waals surface area contributed by atoms with E-state index in [1.807, 2.05) is 12.1 Å². The number of nitrogens with one attached hydrogen (secondary N) is 1. The van der Waals surface area contributed by atoms with Gasteiger partial charge < -0.3 is 5.11 Å². The predicted octanol–water partition coefficient (Wildman–Crippen LogP) is 5.37. The number of phenolic OH excluding ortho intramolecular Hbond substituents is 1. The van der Waals surface area contributed by atoms with Gasteiger partial charge in [-0.05, 0) is 42.2 Å². The number of rotatable bonds is 5. The normalized spacial score (nSPS) is 20.4. The van der Waals surface area contributed by atoms with Crippen molar-refractivity contribution >= 4 is 21.6 Å². The third-order valence-electron chi connectivity index (χ3n) is 4.73. The van der Waals surface area contributed by atoms with Crippen LogP contribution in [0, 0.1) is 0 Å². The van der Waals surface area contributed by atoms with Crippen molar-refractivity contribution in [2.75, 3.05) is 0 Å². The Labute approximate surface area is 158 Å².